The van der Waals surface area contributed by atoms with E-state index in [-0.39, 0.29) is 0 Å². The molecule has 4 nitrogen and oxygen atoms in total. The number of fused-ring (bicyclic) bond motifs is 1. The van der Waals surface area contributed by atoms with Crippen molar-refractivity contribution < 1.29 is 4.74 Å². The number of hydrazine groups is 1. The van der Waals surface area contributed by atoms with Crippen molar-refractivity contribution in [2.75, 3.05) is 30.5 Å². The topological polar surface area (TPSA) is 50.5 Å². The van der Waals surface area contributed by atoms with E-state index in [2.05, 4.69) is 10.3 Å². The predicted octanol–water partition coefficient (Wildman–Crippen LogP) is 0.801. The van der Waals surface area contributed by atoms with Gasteiger partial charge in [0.25, 0.3) is 0 Å². The number of ether oxygens (including phenoxy) is 1. The largest absolute Gasteiger partial charge is 0.490 e. The summed E-state index contributed by atoms with van der Waals surface area (Å²) < 4.78 is 5.48. The van der Waals surface area contributed by atoms with Crippen molar-refractivity contribution in [2.45, 2.75) is 0 Å². The van der Waals surface area contributed by atoms with Crippen LogP contribution in [0.3, 0.4) is 0 Å². The monoisotopic (exact) mass is 179 g/mol. The van der Waals surface area contributed by atoms with Crippen LogP contribution in [-0.4, -0.2) is 20.2 Å². The Labute approximate surface area is 77.3 Å². The molecule has 0 radical (unpaired) electrons. The summed E-state index contributed by atoms with van der Waals surface area (Å²) in [6, 6.07) is 5.81. The van der Waals surface area contributed by atoms with E-state index in [9.17, 15) is 0 Å². The standard InChI is InChI=1S/C9H13N3O/c1-12-4-5-13-9-3-2-7(11-10)6-8(9)12/h2-3,6,11H,4-5,10H2,1H3. The molecule has 0 saturated carbocycles. The van der Waals surface area contributed by atoms with Gasteiger partial charge in [-0.05, 0) is 18.2 Å². The molecule has 1 aliphatic heterocycles. The minimum atomic E-state index is 0.749. The molecule has 0 bridgehead atoms. The molecule has 70 valence electrons. The van der Waals surface area contributed by atoms with Crippen LogP contribution in [0.5, 0.6) is 5.75 Å². The smallest absolute Gasteiger partial charge is 0.142 e. The molecule has 0 aliphatic carbocycles. The van der Waals surface area contributed by atoms with Crippen LogP contribution in [0.1, 0.15) is 0 Å². The SMILES string of the molecule is CN1CCOc2ccc(NN)cc21. The third-order valence-electron chi connectivity index (χ3n) is 2.22. The molecule has 2 rings (SSSR count). The number of nitrogens with zero attached hydrogens (tertiary/aromatic N) is 1. The summed E-state index contributed by atoms with van der Waals surface area (Å²) in [5.41, 5.74) is 4.60. The number of nitrogen functional groups attached to an aromatic ring is 1. The molecule has 0 amide bonds. The second-order valence-corrected chi connectivity index (χ2v) is 3.10. The van der Waals surface area contributed by atoms with Gasteiger partial charge in [0.05, 0.1) is 17.9 Å². The van der Waals surface area contributed by atoms with Crippen molar-refractivity contribution in [3.63, 3.8) is 0 Å². The van der Waals surface area contributed by atoms with Crippen molar-refractivity contribution in [3.05, 3.63) is 18.2 Å². The van der Waals surface area contributed by atoms with Gasteiger partial charge in [0.15, 0.2) is 0 Å². The number of hydrogen-bond acceptors (Lipinski definition) is 4. The van der Waals surface area contributed by atoms with Gasteiger partial charge in [-0.25, -0.2) is 0 Å². The van der Waals surface area contributed by atoms with Gasteiger partial charge in [0, 0.05) is 7.05 Å². The Balaban J connectivity index is 2.41. The van der Waals surface area contributed by atoms with E-state index in [1.165, 1.54) is 0 Å². The lowest BCUT2D eigenvalue weighted by atomic mass is 10.2. The van der Waals surface area contributed by atoms with Crippen LogP contribution in [0, 0.1) is 0 Å². The quantitative estimate of drug-likeness (QED) is 0.494. The molecule has 1 aliphatic rings. The van der Waals surface area contributed by atoms with Gasteiger partial charge < -0.3 is 15.1 Å². The van der Waals surface area contributed by atoms with E-state index < -0.39 is 0 Å². The molecule has 0 spiro atoms. The summed E-state index contributed by atoms with van der Waals surface area (Å²) >= 11 is 0. The van der Waals surface area contributed by atoms with Gasteiger partial charge in [-0.1, -0.05) is 0 Å². The zero-order valence-electron chi connectivity index (χ0n) is 7.58. The Kier molecular flexibility index (Phi) is 1.98. The Morgan fingerprint density at radius 3 is 3.15 bits per heavy atom. The van der Waals surface area contributed by atoms with E-state index in [0.29, 0.717) is 0 Å². The second kappa shape index (κ2) is 3.14. The first-order chi connectivity index (χ1) is 6.31. The van der Waals surface area contributed by atoms with Crippen molar-refractivity contribution in [1.29, 1.82) is 0 Å². The van der Waals surface area contributed by atoms with Crippen LogP contribution in [0.25, 0.3) is 0 Å². The van der Waals surface area contributed by atoms with Crippen LogP contribution in [-0.2, 0) is 0 Å². The van der Waals surface area contributed by atoms with Crippen LogP contribution in [0.4, 0.5) is 11.4 Å². The molecule has 0 unspecified atom stereocenters. The molecule has 3 N–H and O–H groups in total. The lowest BCUT2D eigenvalue weighted by Crippen LogP contribution is -2.28. The minimum Gasteiger partial charge on any atom is -0.490 e. The molecule has 1 heterocycles. The maximum Gasteiger partial charge on any atom is 0.142 e. The summed E-state index contributed by atoms with van der Waals surface area (Å²) in [7, 11) is 2.04. The third kappa shape index (κ3) is 1.40. The van der Waals surface area contributed by atoms with Crippen LogP contribution in [0.15, 0.2) is 18.2 Å². The number of rotatable bonds is 1. The van der Waals surface area contributed by atoms with Gasteiger partial charge in [-0.15, -0.1) is 0 Å². The normalized spacial score (nSPS) is 14.8. The van der Waals surface area contributed by atoms with Crippen molar-refractivity contribution in [2.24, 2.45) is 5.84 Å². The van der Waals surface area contributed by atoms with E-state index in [1.54, 1.807) is 0 Å². The number of nitrogens with one attached hydrogen (secondary N) is 1. The van der Waals surface area contributed by atoms with E-state index in [1.807, 2.05) is 25.2 Å². The van der Waals surface area contributed by atoms with Gasteiger partial charge in [-0.2, -0.15) is 0 Å². The molecule has 0 atom stereocenters. The number of anilines is 2. The number of likely N-dealkylation sites (N-methyl/N-ethyl adjacent to an activating group) is 1. The summed E-state index contributed by atoms with van der Waals surface area (Å²) in [5, 5.41) is 0. The fourth-order valence-corrected chi connectivity index (χ4v) is 1.44. The molecule has 0 fully saturated rings. The fourth-order valence-electron chi connectivity index (χ4n) is 1.44. The lowest BCUT2D eigenvalue weighted by molar-refractivity contribution is 0.311. The van der Waals surface area contributed by atoms with Crippen molar-refractivity contribution in [1.82, 2.24) is 0 Å². The Bertz CT molecular complexity index is 314. The van der Waals surface area contributed by atoms with Crippen molar-refractivity contribution in [3.8, 4) is 5.75 Å². The Morgan fingerprint density at radius 2 is 2.38 bits per heavy atom. The van der Waals surface area contributed by atoms with Crippen LogP contribution < -0.4 is 20.9 Å². The van der Waals surface area contributed by atoms with Crippen molar-refractivity contribution >= 4 is 11.4 Å². The van der Waals surface area contributed by atoms with Crippen LogP contribution in [0.2, 0.25) is 0 Å². The first-order valence-corrected chi connectivity index (χ1v) is 4.26. The van der Waals surface area contributed by atoms with Gasteiger partial charge in [0.1, 0.15) is 12.4 Å². The van der Waals surface area contributed by atoms with E-state index in [4.69, 9.17) is 10.6 Å². The third-order valence-corrected chi connectivity index (χ3v) is 2.22. The summed E-state index contributed by atoms with van der Waals surface area (Å²) in [6.45, 7) is 1.67. The molecule has 1 aromatic rings. The average Bonchev–Trinajstić information content (AvgIpc) is 2.18. The molecular weight excluding hydrogens is 166 g/mol. The first kappa shape index (κ1) is 8.19. The lowest BCUT2D eigenvalue weighted by Gasteiger charge is -2.27. The zero-order valence-corrected chi connectivity index (χ0v) is 7.58. The van der Waals surface area contributed by atoms with Gasteiger partial charge >= 0.3 is 0 Å². The number of hydrogen-bond donors (Lipinski definition) is 2. The zero-order chi connectivity index (χ0) is 9.26. The summed E-state index contributed by atoms with van der Waals surface area (Å²) in [6.07, 6.45) is 0. The molecule has 1 aromatic carbocycles. The van der Waals surface area contributed by atoms with Gasteiger partial charge in [-0.3, -0.25) is 5.84 Å². The average molecular weight is 179 g/mol. The van der Waals surface area contributed by atoms with E-state index >= 15 is 0 Å². The predicted molar refractivity (Wildman–Crippen MR) is 53.0 cm³/mol. The Hall–Kier alpha value is -1.42. The summed E-state index contributed by atoms with van der Waals surface area (Å²) in [5.74, 6) is 6.24. The minimum absolute atomic E-state index is 0.749. The molecular formula is C9H13N3O. The maximum atomic E-state index is 5.48. The second-order valence-electron chi connectivity index (χ2n) is 3.10. The first-order valence-electron chi connectivity index (χ1n) is 4.26. The Morgan fingerprint density at radius 1 is 1.54 bits per heavy atom. The molecule has 0 saturated heterocycles. The van der Waals surface area contributed by atoms with E-state index in [0.717, 1.165) is 30.3 Å². The molecule has 4 heteroatoms. The van der Waals surface area contributed by atoms with Crippen LogP contribution >= 0.6 is 0 Å². The fraction of sp³-hybridized carbons (Fsp3) is 0.333. The highest BCUT2D eigenvalue weighted by molar-refractivity contribution is 5.66. The van der Waals surface area contributed by atoms with Gasteiger partial charge in [0.2, 0.25) is 0 Å². The highest BCUT2D eigenvalue weighted by atomic mass is 16.5. The highest BCUT2D eigenvalue weighted by Crippen LogP contribution is 2.32. The highest BCUT2D eigenvalue weighted by Gasteiger charge is 2.14. The number of benzene rings is 1. The maximum absolute atomic E-state index is 5.48. The summed E-state index contributed by atoms with van der Waals surface area (Å²) in [4.78, 5) is 2.15. The number of nitrogens with two attached hydrogens (primary N) is 1. The molecule has 0 aromatic heterocycles. The molecule has 13 heavy (non-hydrogen) atoms.